The van der Waals surface area contributed by atoms with E-state index in [1.54, 1.807) is 12.3 Å². The summed E-state index contributed by atoms with van der Waals surface area (Å²) >= 11 is 0. The minimum absolute atomic E-state index is 0.304. The summed E-state index contributed by atoms with van der Waals surface area (Å²) in [4.78, 5) is 18.0. The number of nitrogens with zero attached hydrogens (tertiary/aromatic N) is 2. The predicted molar refractivity (Wildman–Crippen MR) is 69.6 cm³/mol. The summed E-state index contributed by atoms with van der Waals surface area (Å²) in [6.45, 7) is 5.40. The quantitative estimate of drug-likeness (QED) is 0.472. The van der Waals surface area contributed by atoms with Gasteiger partial charge < -0.3 is 0 Å². The van der Waals surface area contributed by atoms with Gasteiger partial charge in [-0.1, -0.05) is 13.3 Å². The van der Waals surface area contributed by atoms with E-state index in [1.807, 2.05) is 6.07 Å². The zero-order valence-corrected chi connectivity index (χ0v) is 10.7. The lowest BCUT2D eigenvalue weighted by atomic mass is 10.1. The van der Waals surface area contributed by atoms with Crippen LogP contribution in [0.15, 0.2) is 18.3 Å². The highest BCUT2D eigenvalue weighted by atomic mass is 16.2. The van der Waals surface area contributed by atoms with Crippen molar-refractivity contribution in [3.05, 3.63) is 29.6 Å². The maximum atomic E-state index is 11.3. The number of carbonyl (C=O) groups is 1. The second-order valence-corrected chi connectivity index (χ2v) is 4.81. The average molecular weight is 248 g/mol. The Morgan fingerprint density at radius 3 is 3.00 bits per heavy atom. The van der Waals surface area contributed by atoms with Crippen molar-refractivity contribution < 1.29 is 4.79 Å². The molecule has 5 heteroatoms. The molecule has 18 heavy (non-hydrogen) atoms. The summed E-state index contributed by atoms with van der Waals surface area (Å²) in [5.41, 5.74) is 3.59. The maximum absolute atomic E-state index is 11.3. The largest absolute Gasteiger partial charge is 0.297 e. The van der Waals surface area contributed by atoms with Crippen LogP contribution < -0.4 is 11.3 Å². The SMILES string of the molecule is CCC1CCN(Cc2ccc(C(=O)NN)cn2)C1. The van der Waals surface area contributed by atoms with Crippen molar-refractivity contribution in [1.82, 2.24) is 15.3 Å². The van der Waals surface area contributed by atoms with Crippen LogP contribution in [0.5, 0.6) is 0 Å². The molecule has 1 fully saturated rings. The van der Waals surface area contributed by atoms with Crippen LogP contribution in [0.2, 0.25) is 0 Å². The molecule has 98 valence electrons. The first-order valence-corrected chi connectivity index (χ1v) is 6.41. The van der Waals surface area contributed by atoms with Gasteiger partial charge in [0.25, 0.3) is 5.91 Å². The first kappa shape index (κ1) is 13.0. The lowest BCUT2D eigenvalue weighted by molar-refractivity contribution is 0.0953. The van der Waals surface area contributed by atoms with Gasteiger partial charge in [0.15, 0.2) is 0 Å². The van der Waals surface area contributed by atoms with Crippen molar-refractivity contribution in [3.63, 3.8) is 0 Å². The van der Waals surface area contributed by atoms with E-state index >= 15 is 0 Å². The minimum atomic E-state index is -0.304. The molecule has 1 aliphatic rings. The number of carbonyl (C=O) groups excluding carboxylic acids is 1. The zero-order chi connectivity index (χ0) is 13.0. The Kier molecular flexibility index (Phi) is 4.28. The Morgan fingerprint density at radius 2 is 2.44 bits per heavy atom. The number of hydrogen-bond donors (Lipinski definition) is 2. The molecule has 3 N–H and O–H groups in total. The molecule has 1 aliphatic heterocycles. The maximum Gasteiger partial charge on any atom is 0.266 e. The summed E-state index contributed by atoms with van der Waals surface area (Å²) in [6, 6.07) is 3.65. The monoisotopic (exact) mass is 248 g/mol. The van der Waals surface area contributed by atoms with Gasteiger partial charge in [-0.3, -0.25) is 20.1 Å². The molecule has 1 atom stereocenters. The van der Waals surface area contributed by atoms with Gasteiger partial charge in [-0.2, -0.15) is 0 Å². The number of hydrazine groups is 1. The van der Waals surface area contributed by atoms with Crippen molar-refractivity contribution in [2.24, 2.45) is 11.8 Å². The smallest absolute Gasteiger partial charge is 0.266 e. The Bertz CT molecular complexity index is 404. The number of nitrogens with two attached hydrogens (primary N) is 1. The fourth-order valence-corrected chi connectivity index (χ4v) is 2.35. The van der Waals surface area contributed by atoms with Crippen molar-refractivity contribution in [1.29, 1.82) is 0 Å². The molecule has 1 aromatic rings. The third-order valence-corrected chi connectivity index (χ3v) is 3.55. The van der Waals surface area contributed by atoms with E-state index in [0.29, 0.717) is 5.56 Å². The predicted octanol–water partition coefficient (Wildman–Crippen LogP) is 0.917. The summed E-state index contributed by atoms with van der Waals surface area (Å²) in [6.07, 6.45) is 4.11. The van der Waals surface area contributed by atoms with Gasteiger partial charge >= 0.3 is 0 Å². The Morgan fingerprint density at radius 1 is 1.61 bits per heavy atom. The van der Waals surface area contributed by atoms with Crippen molar-refractivity contribution >= 4 is 5.91 Å². The molecule has 0 aliphatic carbocycles. The number of hydrogen-bond acceptors (Lipinski definition) is 4. The van der Waals surface area contributed by atoms with Gasteiger partial charge in [0.05, 0.1) is 11.3 Å². The molecule has 2 heterocycles. The molecule has 5 nitrogen and oxygen atoms in total. The lowest BCUT2D eigenvalue weighted by Gasteiger charge is -2.15. The molecule has 0 bridgehead atoms. The molecule has 2 rings (SSSR count). The summed E-state index contributed by atoms with van der Waals surface area (Å²) in [5, 5.41) is 0. The second-order valence-electron chi connectivity index (χ2n) is 4.81. The van der Waals surface area contributed by atoms with Crippen LogP contribution in [0.25, 0.3) is 0 Å². The molecule has 0 aromatic carbocycles. The van der Waals surface area contributed by atoms with E-state index in [0.717, 1.165) is 31.2 Å². The Hall–Kier alpha value is -1.46. The fraction of sp³-hybridized carbons (Fsp3) is 0.538. The van der Waals surface area contributed by atoms with Gasteiger partial charge in [-0.25, -0.2) is 5.84 Å². The van der Waals surface area contributed by atoms with Crippen molar-refractivity contribution in [2.45, 2.75) is 26.3 Å². The molecule has 1 saturated heterocycles. The van der Waals surface area contributed by atoms with Gasteiger partial charge in [0.1, 0.15) is 0 Å². The van der Waals surface area contributed by atoms with Crippen LogP contribution in [-0.2, 0) is 6.54 Å². The summed E-state index contributed by atoms with van der Waals surface area (Å²) in [5.74, 6) is 5.59. The second kappa shape index (κ2) is 5.93. The highest BCUT2D eigenvalue weighted by molar-refractivity contribution is 5.93. The number of aromatic nitrogens is 1. The number of amides is 1. The van der Waals surface area contributed by atoms with E-state index in [9.17, 15) is 4.79 Å². The molecule has 1 amide bonds. The molecular weight excluding hydrogens is 228 g/mol. The van der Waals surface area contributed by atoms with Crippen molar-refractivity contribution in [2.75, 3.05) is 13.1 Å². The molecule has 1 unspecified atom stereocenters. The van der Waals surface area contributed by atoms with Crippen LogP contribution in [0.4, 0.5) is 0 Å². The van der Waals surface area contributed by atoms with Crippen LogP contribution in [0, 0.1) is 5.92 Å². The topological polar surface area (TPSA) is 71.2 Å². The van der Waals surface area contributed by atoms with Gasteiger partial charge in [0.2, 0.25) is 0 Å². The van der Waals surface area contributed by atoms with E-state index in [1.165, 1.54) is 12.8 Å². The summed E-state index contributed by atoms with van der Waals surface area (Å²) < 4.78 is 0. The van der Waals surface area contributed by atoms with Gasteiger partial charge in [-0.15, -0.1) is 0 Å². The molecule has 0 radical (unpaired) electrons. The number of rotatable bonds is 4. The van der Waals surface area contributed by atoms with Gasteiger partial charge in [0, 0.05) is 19.3 Å². The molecule has 0 saturated carbocycles. The standard InChI is InChI=1S/C13H20N4O/c1-2-10-5-6-17(8-10)9-12-4-3-11(7-15-12)13(18)16-14/h3-4,7,10H,2,5-6,8-9,14H2,1H3,(H,16,18). The third kappa shape index (κ3) is 3.05. The number of nitrogens with one attached hydrogen (secondary N) is 1. The van der Waals surface area contributed by atoms with E-state index in [2.05, 4.69) is 22.2 Å². The zero-order valence-electron chi connectivity index (χ0n) is 10.7. The van der Waals surface area contributed by atoms with Crippen LogP contribution in [0.3, 0.4) is 0 Å². The normalized spacial score (nSPS) is 20.0. The van der Waals surface area contributed by atoms with E-state index in [4.69, 9.17) is 5.84 Å². The molecular formula is C13H20N4O. The summed E-state index contributed by atoms with van der Waals surface area (Å²) in [7, 11) is 0. The first-order valence-electron chi connectivity index (χ1n) is 6.41. The highest BCUT2D eigenvalue weighted by Gasteiger charge is 2.21. The highest BCUT2D eigenvalue weighted by Crippen LogP contribution is 2.20. The lowest BCUT2D eigenvalue weighted by Crippen LogP contribution is -2.30. The molecule has 0 spiro atoms. The first-order chi connectivity index (χ1) is 8.72. The van der Waals surface area contributed by atoms with Crippen LogP contribution >= 0.6 is 0 Å². The van der Waals surface area contributed by atoms with Crippen LogP contribution in [-0.4, -0.2) is 28.9 Å². The average Bonchev–Trinajstić information content (AvgIpc) is 2.86. The van der Waals surface area contributed by atoms with Gasteiger partial charge in [-0.05, 0) is 31.0 Å². The van der Waals surface area contributed by atoms with Crippen LogP contribution in [0.1, 0.15) is 35.8 Å². The number of pyridine rings is 1. The third-order valence-electron chi connectivity index (χ3n) is 3.55. The van der Waals surface area contributed by atoms with E-state index < -0.39 is 0 Å². The number of likely N-dealkylation sites (tertiary alicyclic amines) is 1. The van der Waals surface area contributed by atoms with E-state index in [-0.39, 0.29) is 5.91 Å². The number of nitrogen functional groups attached to an aromatic ring is 1. The Balaban J connectivity index is 1.92. The van der Waals surface area contributed by atoms with Crippen molar-refractivity contribution in [3.8, 4) is 0 Å². The fourth-order valence-electron chi connectivity index (χ4n) is 2.35. The Labute approximate surface area is 107 Å². The minimum Gasteiger partial charge on any atom is -0.297 e. The molecule has 1 aromatic heterocycles.